The maximum atomic E-state index is 12.0. The van der Waals surface area contributed by atoms with Crippen molar-refractivity contribution in [2.75, 3.05) is 11.9 Å². The molecule has 0 aliphatic carbocycles. The van der Waals surface area contributed by atoms with E-state index in [0.29, 0.717) is 30.5 Å². The van der Waals surface area contributed by atoms with Crippen molar-refractivity contribution >= 4 is 38.3 Å². The molecular weight excluding hydrogens is 414 g/mol. The molecule has 0 atom stereocenters. The third-order valence-electron chi connectivity index (χ3n) is 3.78. The van der Waals surface area contributed by atoms with E-state index in [4.69, 9.17) is 4.74 Å². The largest absolute Gasteiger partial charge is 0.492 e. The van der Waals surface area contributed by atoms with E-state index in [-0.39, 0.29) is 11.3 Å². The standard InChI is InChI=1S/C19H26BrN3O2S/c1-12(2)17-22-23-18(26-17)21-16(24)7-6-10-25-15-9-8-13(11-14(15)20)19(3,4)5/h8-9,11-12H,6-7,10H2,1-5H3,(H,21,23,24). The van der Waals surface area contributed by atoms with Crippen molar-refractivity contribution < 1.29 is 9.53 Å². The Kier molecular flexibility index (Phi) is 7.17. The summed E-state index contributed by atoms with van der Waals surface area (Å²) in [6, 6.07) is 6.14. The van der Waals surface area contributed by atoms with E-state index >= 15 is 0 Å². The molecule has 26 heavy (non-hydrogen) atoms. The molecule has 0 radical (unpaired) electrons. The number of aromatic nitrogens is 2. The molecular formula is C19H26BrN3O2S. The average Bonchev–Trinajstić information content (AvgIpc) is 3.00. The number of carbonyl (C=O) groups is 1. The third kappa shape index (κ3) is 6.06. The maximum Gasteiger partial charge on any atom is 0.226 e. The first-order chi connectivity index (χ1) is 12.2. The van der Waals surface area contributed by atoms with Crippen molar-refractivity contribution in [2.45, 2.75) is 58.8 Å². The molecule has 142 valence electrons. The van der Waals surface area contributed by atoms with E-state index < -0.39 is 0 Å². The van der Waals surface area contributed by atoms with Crippen LogP contribution in [-0.4, -0.2) is 22.7 Å². The van der Waals surface area contributed by atoms with Crippen molar-refractivity contribution in [1.29, 1.82) is 0 Å². The molecule has 1 amide bonds. The van der Waals surface area contributed by atoms with Crippen LogP contribution in [0.4, 0.5) is 5.13 Å². The van der Waals surface area contributed by atoms with Gasteiger partial charge in [-0.2, -0.15) is 0 Å². The van der Waals surface area contributed by atoms with Crippen LogP contribution in [0.1, 0.15) is 63.9 Å². The zero-order valence-corrected chi connectivity index (χ0v) is 18.3. The molecule has 0 saturated carbocycles. The number of benzene rings is 1. The smallest absolute Gasteiger partial charge is 0.226 e. The van der Waals surface area contributed by atoms with Gasteiger partial charge in [0.2, 0.25) is 11.0 Å². The van der Waals surface area contributed by atoms with Gasteiger partial charge in [0.25, 0.3) is 0 Å². The minimum Gasteiger partial charge on any atom is -0.492 e. The molecule has 7 heteroatoms. The summed E-state index contributed by atoms with van der Waals surface area (Å²) in [5.74, 6) is 1.04. The Balaban J connectivity index is 1.76. The lowest BCUT2D eigenvalue weighted by atomic mass is 9.87. The second kappa shape index (κ2) is 8.95. The van der Waals surface area contributed by atoms with Gasteiger partial charge in [-0.1, -0.05) is 52.0 Å². The van der Waals surface area contributed by atoms with Crippen LogP contribution in [0.5, 0.6) is 5.75 Å². The SMILES string of the molecule is CC(C)c1nnc(NC(=O)CCCOc2ccc(C(C)(C)C)cc2Br)s1. The van der Waals surface area contributed by atoms with Gasteiger partial charge >= 0.3 is 0 Å². The van der Waals surface area contributed by atoms with E-state index in [1.165, 1.54) is 16.9 Å². The van der Waals surface area contributed by atoms with Gasteiger partial charge in [-0.25, -0.2) is 0 Å². The summed E-state index contributed by atoms with van der Waals surface area (Å²) in [5, 5.41) is 12.3. The molecule has 0 unspecified atom stereocenters. The van der Waals surface area contributed by atoms with E-state index in [2.05, 4.69) is 78.2 Å². The second-order valence-corrected chi connectivity index (χ2v) is 9.36. The summed E-state index contributed by atoms with van der Waals surface area (Å²) in [5.41, 5.74) is 1.34. The van der Waals surface area contributed by atoms with Crippen molar-refractivity contribution in [1.82, 2.24) is 10.2 Å². The lowest BCUT2D eigenvalue weighted by Crippen LogP contribution is -2.13. The molecule has 2 rings (SSSR count). The number of hydrogen-bond acceptors (Lipinski definition) is 5. The van der Waals surface area contributed by atoms with Gasteiger partial charge in [-0.3, -0.25) is 4.79 Å². The number of hydrogen-bond donors (Lipinski definition) is 1. The Hall–Kier alpha value is -1.47. The number of nitrogens with zero attached hydrogens (tertiary/aromatic N) is 2. The Morgan fingerprint density at radius 1 is 1.31 bits per heavy atom. The van der Waals surface area contributed by atoms with Gasteiger partial charge < -0.3 is 10.1 Å². The van der Waals surface area contributed by atoms with Crippen LogP contribution >= 0.6 is 27.3 Å². The topological polar surface area (TPSA) is 64.1 Å². The molecule has 1 heterocycles. The van der Waals surface area contributed by atoms with Crippen molar-refractivity contribution in [3.8, 4) is 5.75 Å². The van der Waals surface area contributed by atoms with Crippen molar-refractivity contribution in [3.63, 3.8) is 0 Å². The van der Waals surface area contributed by atoms with E-state index in [9.17, 15) is 4.79 Å². The molecule has 1 aromatic carbocycles. The van der Waals surface area contributed by atoms with Gasteiger partial charge in [-0.05, 0) is 45.5 Å². The fourth-order valence-electron chi connectivity index (χ4n) is 2.20. The van der Waals surface area contributed by atoms with Crippen molar-refractivity contribution in [2.24, 2.45) is 0 Å². The number of ether oxygens (including phenoxy) is 1. The predicted octanol–water partition coefficient (Wildman–Crippen LogP) is 5.52. The summed E-state index contributed by atoms with van der Waals surface area (Å²) < 4.78 is 6.72. The Labute approximate surface area is 167 Å². The van der Waals surface area contributed by atoms with E-state index in [0.717, 1.165) is 15.2 Å². The number of nitrogens with one attached hydrogen (secondary N) is 1. The van der Waals surface area contributed by atoms with Crippen LogP contribution in [0.25, 0.3) is 0 Å². The van der Waals surface area contributed by atoms with Crippen LogP contribution in [0, 0.1) is 0 Å². The minimum atomic E-state index is -0.0674. The number of carbonyl (C=O) groups excluding carboxylic acids is 1. The molecule has 0 aliphatic rings. The number of amides is 1. The fourth-order valence-corrected chi connectivity index (χ4v) is 3.45. The van der Waals surface area contributed by atoms with E-state index in [1.807, 2.05) is 6.07 Å². The second-order valence-electron chi connectivity index (χ2n) is 7.50. The summed E-state index contributed by atoms with van der Waals surface area (Å²) in [4.78, 5) is 12.0. The zero-order chi connectivity index (χ0) is 19.3. The van der Waals surface area contributed by atoms with E-state index in [1.54, 1.807) is 0 Å². The summed E-state index contributed by atoms with van der Waals surface area (Å²) >= 11 is 4.98. The normalized spacial score (nSPS) is 11.7. The van der Waals surface area contributed by atoms with Crippen molar-refractivity contribution in [3.05, 3.63) is 33.2 Å². The Bertz CT molecular complexity index is 753. The van der Waals surface area contributed by atoms with Crippen LogP contribution in [-0.2, 0) is 10.2 Å². The molecule has 1 aromatic heterocycles. The first kappa shape index (κ1) is 20.8. The van der Waals surface area contributed by atoms with Gasteiger partial charge in [0.05, 0.1) is 11.1 Å². The van der Waals surface area contributed by atoms with Gasteiger partial charge in [-0.15, -0.1) is 10.2 Å². The molecule has 0 saturated heterocycles. The zero-order valence-electron chi connectivity index (χ0n) is 15.9. The fraction of sp³-hybridized carbons (Fsp3) is 0.526. The monoisotopic (exact) mass is 439 g/mol. The average molecular weight is 440 g/mol. The highest BCUT2D eigenvalue weighted by molar-refractivity contribution is 9.10. The number of rotatable bonds is 7. The first-order valence-corrected chi connectivity index (χ1v) is 10.3. The van der Waals surface area contributed by atoms with Crippen LogP contribution in [0.3, 0.4) is 0 Å². The quantitative estimate of drug-likeness (QED) is 0.576. The van der Waals surface area contributed by atoms with Crippen LogP contribution < -0.4 is 10.1 Å². The maximum absolute atomic E-state index is 12.0. The minimum absolute atomic E-state index is 0.0674. The first-order valence-electron chi connectivity index (χ1n) is 8.73. The third-order valence-corrected chi connectivity index (χ3v) is 5.54. The lowest BCUT2D eigenvalue weighted by Gasteiger charge is -2.20. The highest BCUT2D eigenvalue weighted by Crippen LogP contribution is 2.31. The van der Waals surface area contributed by atoms with Crippen LogP contribution in [0.15, 0.2) is 22.7 Å². The predicted molar refractivity (Wildman–Crippen MR) is 110 cm³/mol. The molecule has 0 spiro atoms. The highest BCUT2D eigenvalue weighted by atomic mass is 79.9. The summed E-state index contributed by atoms with van der Waals surface area (Å²) in [6.45, 7) is 11.1. The summed E-state index contributed by atoms with van der Waals surface area (Å²) in [7, 11) is 0. The number of halogens is 1. The Morgan fingerprint density at radius 3 is 2.62 bits per heavy atom. The Morgan fingerprint density at radius 2 is 2.04 bits per heavy atom. The molecule has 5 nitrogen and oxygen atoms in total. The molecule has 1 N–H and O–H groups in total. The van der Waals surface area contributed by atoms with Gasteiger partial charge in [0.15, 0.2) is 0 Å². The van der Waals surface area contributed by atoms with Crippen LogP contribution in [0.2, 0.25) is 0 Å². The molecule has 0 fully saturated rings. The highest BCUT2D eigenvalue weighted by Gasteiger charge is 2.15. The number of anilines is 1. The van der Waals surface area contributed by atoms with Gasteiger partial charge in [0.1, 0.15) is 10.8 Å². The summed E-state index contributed by atoms with van der Waals surface area (Å²) in [6.07, 6.45) is 1.02. The van der Waals surface area contributed by atoms with Gasteiger partial charge in [0, 0.05) is 12.3 Å². The lowest BCUT2D eigenvalue weighted by molar-refractivity contribution is -0.116. The molecule has 2 aromatic rings. The molecule has 0 aliphatic heterocycles. The molecule has 0 bridgehead atoms.